The normalized spacial score (nSPS) is 18.2. The van der Waals surface area contributed by atoms with E-state index in [1.807, 2.05) is 47.0 Å². The van der Waals surface area contributed by atoms with Gasteiger partial charge in [-0.3, -0.25) is 9.48 Å². The molecule has 6 nitrogen and oxygen atoms in total. The van der Waals surface area contributed by atoms with E-state index in [9.17, 15) is 4.79 Å². The van der Waals surface area contributed by atoms with Crippen molar-refractivity contribution in [3.05, 3.63) is 48.0 Å². The van der Waals surface area contributed by atoms with Gasteiger partial charge in [-0.2, -0.15) is 5.10 Å². The molecule has 6 heteroatoms. The summed E-state index contributed by atoms with van der Waals surface area (Å²) in [4.78, 5) is 22.1. The van der Waals surface area contributed by atoms with Crippen LogP contribution in [0.3, 0.4) is 0 Å². The highest BCUT2D eigenvalue weighted by Gasteiger charge is 2.28. The second-order valence-electron chi connectivity index (χ2n) is 5.73. The zero-order valence-electron chi connectivity index (χ0n) is 12.4. The van der Waals surface area contributed by atoms with Crippen molar-refractivity contribution in [2.75, 3.05) is 13.1 Å². The van der Waals surface area contributed by atoms with Gasteiger partial charge < -0.3 is 9.88 Å². The van der Waals surface area contributed by atoms with E-state index in [2.05, 4.69) is 15.1 Å². The van der Waals surface area contributed by atoms with Gasteiger partial charge in [0.2, 0.25) is 0 Å². The summed E-state index contributed by atoms with van der Waals surface area (Å²) in [6.07, 6.45) is 4.68. The quantitative estimate of drug-likeness (QED) is 0.787. The third-order valence-corrected chi connectivity index (χ3v) is 4.20. The average molecular weight is 295 g/mol. The van der Waals surface area contributed by atoms with E-state index in [4.69, 9.17) is 0 Å². The molecule has 112 valence electrons. The SMILES string of the molecule is Cc1nc2ccc(C(=O)N3CCC(n4cccn4)C3)cc2[nH]1. The van der Waals surface area contributed by atoms with Crippen molar-refractivity contribution in [1.29, 1.82) is 0 Å². The Bertz CT molecular complexity index is 820. The molecule has 0 spiro atoms. The van der Waals surface area contributed by atoms with Crippen molar-refractivity contribution in [2.45, 2.75) is 19.4 Å². The molecule has 3 heterocycles. The molecule has 1 atom stereocenters. The number of aromatic amines is 1. The highest BCUT2D eigenvalue weighted by Crippen LogP contribution is 2.23. The first-order valence-electron chi connectivity index (χ1n) is 7.45. The van der Waals surface area contributed by atoms with Crippen molar-refractivity contribution >= 4 is 16.9 Å². The number of H-pyrrole nitrogens is 1. The molecule has 4 rings (SSSR count). The first-order valence-corrected chi connectivity index (χ1v) is 7.45. The lowest BCUT2D eigenvalue weighted by Gasteiger charge is -2.16. The van der Waals surface area contributed by atoms with E-state index >= 15 is 0 Å². The van der Waals surface area contributed by atoms with E-state index in [0.29, 0.717) is 12.1 Å². The van der Waals surface area contributed by atoms with Crippen LogP contribution in [0.1, 0.15) is 28.6 Å². The Morgan fingerprint density at radius 3 is 3.14 bits per heavy atom. The third kappa shape index (κ3) is 2.16. The minimum Gasteiger partial charge on any atom is -0.342 e. The number of rotatable bonds is 2. The monoisotopic (exact) mass is 295 g/mol. The lowest BCUT2D eigenvalue weighted by atomic mass is 10.2. The van der Waals surface area contributed by atoms with Crippen LogP contribution in [0.15, 0.2) is 36.7 Å². The molecule has 1 saturated heterocycles. The van der Waals surface area contributed by atoms with Crippen molar-refractivity contribution < 1.29 is 4.79 Å². The summed E-state index contributed by atoms with van der Waals surface area (Å²) in [5.41, 5.74) is 2.51. The standard InChI is InChI=1S/C16H17N5O/c1-11-18-14-4-3-12(9-15(14)19-11)16(22)20-8-5-13(10-20)21-7-2-6-17-21/h2-4,6-7,9,13H,5,8,10H2,1H3,(H,18,19). The van der Waals surface area contributed by atoms with Gasteiger partial charge in [-0.15, -0.1) is 0 Å². The van der Waals surface area contributed by atoms with Crippen molar-refractivity contribution in [3.8, 4) is 0 Å². The van der Waals surface area contributed by atoms with Gasteiger partial charge in [-0.05, 0) is 37.6 Å². The molecule has 1 unspecified atom stereocenters. The van der Waals surface area contributed by atoms with Crippen LogP contribution < -0.4 is 0 Å². The third-order valence-electron chi connectivity index (χ3n) is 4.20. The average Bonchev–Trinajstić information content (AvgIpc) is 3.24. The molecule has 1 N–H and O–H groups in total. The molecule has 1 amide bonds. The van der Waals surface area contributed by atoms with Crippen LogP contribution in [0, 0.1) is 6.92 Å². The number of imidazole rings is 1. The lowest BCUT2D eigenvalue weighted by Crippen LogP contribution is -2.29. The lowest BCUT2D eigenvalue weighted by molar-refractivity contribution is 0.0787. The number of nitrogens with zero attached hydrogens (tertiary/aromatic N) is 4. The number of aromatic nitrogens is 4. The van der Waals surface area contributed by atoms with Gasteiger partial charge in [0, 0.05) is 31.0 Å². The number of hydrogen-bond donors (Lipinski definition) is 1. The highest BCUT2D eigenvalue weighted by molar-refractivity contribution is 5.97. The maximum Gasteiger partial charge on any atom is 0.254 e. The number of carbonyl (C=O) groups is 1. The number of fused-ring (bicyclic) bond motifs is 1. The molecule has 22 heavy (non-hydrogen) atoms. The summed E-state index contributed by atoms with van der Waals surface area (Å²) < 4.78 is 1.94. The molecule has 2 aromatic heterocycles. The molecule has 0 radical (unpaired) electrons. The molecule has 0 aliphatic carbocycles. The van der Waals surface area contributed by atoms with Gasteiger partial charge in [-0.1, -0.05) is 0 Å². The van der Waals surface area contributed by atoms with E-state index in [1.165, 1.54) is 0 Å². The molecular formula is C16H17N5O. The van der Waals surface area contributed by atoms with E-state index in [1.54, 1.807) is 6.20 Å². The Hall–Kier alpha value is -2.63. The fourth-order valence-electron chi connectivity index (χ4n) is 3.09. The maximum atomic E-state index is 12.7. The van der Waals surface area contributed by atoms with Gasteiger partial charge in [0.1, 0.15) is 5.82 Å². The molecule has 1 aliphatic heterocycles. The fourth-order valence-corrected chi connectivity index (χ4v) is 3.09. The van der Waals surface area contributed by atoms with Gasteiger partial charge >= 0.3 is 0 Å². The Balaban J connectivity index is 1.55. The van der Waals surface area contributed by atoms with Crippen molar-refractivity contribution in [1.82, 2.24) is 24.6 Å². The zero-order valence-corrected chi connectivity index (χ0v) is 12.4. The minimum absolute atomic E-state index is 0.0730. The smallest absolute Gasteiger partial charge is 0.254 e. The summed E-state index contributed by atoms with van der Waals surface area (Å²) in [5, 5.41) is 4.27. The van der Waals surface area contributed by atoms with Crippen LogP contribution in [-0.2, 0) is 0 Å². The largest absolute Gasteiger partial charge is 0.342 e. The Morgan fingerprint density at radius 1 is 1.41 bits per heavy atom. The highest BCUT2D eigenvalue weighted by atomic mass is 16.2. The second-order valence-corrected chi connectivity index (χ2v) is 5.73. The molecule has 1 aromatic carbocycles. The summed E-state index contributed by atoms with van der Waals surface area (Å²) in [6.45, 7) is 3.39. The number of benzene rings is 1. The van der Waals surface area contributed by atoms with Gasteiger partial charge in [0.05, 0.1) is 17.1 Å². The number of likely N-dealkylation sites (tertiary alicyclic amines) is 1. The predicted molar refractivity (Wildman–Crippen MR) is 82.6 cm³/mol. The summed E-state index contributed by atoms with van der Waals surface area (Å²) >= 11 is 0. The summed E-state index contributed by atoms with van der Waals surface area (Å²) in [6, 6.07) is 7.83. The summed E-state index contributed by atoms with van der Waals surface area (Å²) in [5.74, 6) is 0.934. The number of carbonyl (C=O) groups excluding carboxylic acids is 1. The second kappa shape index (κ2) is 4.98. The number of amides is 1. The summed E-state index contributed by atoms with van der Waals surface area (Å²) in [7, 11) is 0. The van der Waals surface area contributed by atoms with E-state index in [0.717, 1.165) is 29.8 Å². The van der Waals surface area contributed by atoms with Gasteiger partial charge in [-0.25, -0.2) is 4.98 Å². The molecule has 1 fully saturated rings. The molecule has 3 aromatic rings. The molecule has 0 bridgehead atoms. The van der Waals surface area contributed by atoms with Crippen LogP contribution in [0.5, 0.6) is 0 Å². The minimum atomic E-state index is 0.0730. The molecular weight excluding hydrogens is 278 g/mol. The van der Waals surface area contributed by atoms with Crippen LogP contribution in [0.25, 0.3) is 11.0 Å². The number of aryl methyl sites for hydroxylation is 1. The number of hydrogen-bond acceptors (Lipinski definition) is 3. The maximum absolute atomic E-state index is 12.7. The Morgan fingerprint density at radius 2 is 2.32 bits per heavy atom. The zero-order chi connectivity index (χ0) is 15.1. The fraction of sp³-hybridized carbons (Fsp3) is 0.312. The first kappa shape index (κ1) is 13.1. The van der Waals surface area contributed by atoms with Crippen LogP contribution in [0.2, 0.25) is 0 Å². The Kier molecular flexibility index (Phi) is 2.96. The van der Waals surface area contributed by atoms with Gasteiger partial charge in [0.25, 0.3) is 5.91 Å². The van der Waals surface area contributed by atoms with Crippen LogP contribution in [0.4, 0.5) is 0 Å². The predicted octanol–water partition coefficient (Wildman–Crippen LogP) is 2.16. The van der Waals surface area contributed by atoms with Crippen LogP contribution >= 0.6 is 0 Å². The van der Waals surface area contributed by atoms with Crippen LogP contribution in [-0.4, -0.2) is 43.6 Å². The first-order chi connectivity index (χ1) is 10.7. The van der Waals surface area contributed by atoms with E-state index in [-0.39, 0.29) is 11.9 Å². The van der Waals surface area contributed by atoms with E-state index < -0.39 is 0 Å². The van der Waals surface area contributed by atoms with Crippen molar-refractivity contribution in [3.63, 3.8) is 0 Å². The van der Waals surface area contributed by atoms with Crippen molar-refractivity contribution in [2.24, 2.45) is 0 Å². The topological polar surface area (TPSA) is 66.8 Å². The van der Waals surface area contributed by atoms with Gasteiger partial charge in [0.15, 0.2) is 0 Å². The Labute approximate surface area is 127 Å². The molecule has 1 aliphatic rings. The molecule has 0 saturated carbocycles. The number of nitrogens with one attached hydrogen (secondary N) is 1.